The van der Waals surface area contributed by atoms with Crippen LogP contribution in [0.3, 0.4) is 0 Å². The van der Waals surface area contributed by atoms with Crippen molar-refractivity contribution in [2.45, 2.75) is 19.9 Å². The first-order chi connectivity index (χ1) is 13.4. The van der Waals surface area contributed by atoms with E-state index in [9.17, 15) is 9.18 Å². The van der Waals surface area contributed by atoms with Gasteiger partial charge >= 0.3 is 0 Å². The molecule has 0 radical (unpaired) electrons. The number of hydrogen-bond acceptors (Lipinski definition) is 4. The summed E-state index contributed by atoms with van der Waals surface area (Å²) in [4.78, 5) is 17.0. The molecule has 0 saturated carbocycles. The Hall–Kier alpha value is -3.55. The molecule has 8 heteroatoms. The van der Waals surface area contributed by atoms with Gasteiger partial charge in [-0.2, -0.15) is 10.2 Å². The number of amides is 1. The molecular formula is C20H19FN6O. The van der Waals surface area contributed by atoms with Crippen molar-refractivity contribution in [3.8, 4) is 11.3 Å². The molecule has 1 aromatic carbocycles. The fourth-order valence-corrected chi connectivity index (χ4v) is 3.24. The molecule has 0 aliphatic carbocycles. The maximum atomic E-state index is 13.2. The maximum absolute atomic E-state index is 13.2. The van der Waals surface area contributed by atoms with E-state index in [1.807, 2.05) is 27.1 Å². The lowest BCUT2D eigenvalue weighted by Crippen LogP contribution is -2.27. The molecular weight excluding hydrogens is 359 g/mol. The fraction of sp³-hybridized carbons (Fsp3) is 0.200. The fourth-order valence-electron chi connectivity index (χ4n) is 3.24. The molecule has 4 aromatic rings. The van der Waals surface area contributed by atoms with Crippen molar-refractivity contribution >= 4 is 11.6 Å². The van der Waals surface area contributed by atoms with Crippen LogP contribution in [0, 0.1) is 12.7 Å². The molecule has 7 nitrogen and oxygen atoms in total. The number of hydrogen-bond donors (Lipinski definition) is 1. The smallest absolute Gasteiger partial charge is 0.272 e. The number of nitrogens with zero attached hydrogens (tertiary/aromatic N) is 5. The Kier molecular flexibility index (Phi) is 4.38. The van der Waals surface area contributed by atoms with Gasteiger partial charge in [0.05, 0.1) is 17.4 Å². The van der Waals surface area contributed by atoms with E-state index in [0.29, 0.717) is 5.65 Å². The molecule has 1 amide bonds. The van der Waals surface area contributed by atoms with E-state index in [1.54, 1.807) is 39.7 Å². The summed E-state index contributed by atoms with van der Waals surface area (Å²) in [5.41, 5.74) is 4.12. The summed E-state index contributed by atoms with van der Waals surface area (Å²) in [7, 11) is 1.84. The molecule has 28 heavy (non-hydrogen) atoms. The highest BCUT2D eigenvalue weighted by Crippen LogP contribution is 2.21. The number of aromatic nitrogens is 5. The minimum absolute atomic E-state index is 0.212. The highest BCUT2D eigenvalue weighted by Gasteiger charge is 2.19. The zero-order chi connectivity index (χ0) is 19.8. The van der Waals surface area contributed by atoms with Gasteiger partial charge in [-0.1, -0.05) is 0 Å². The summed E-state index contributed by atoms with van der Waals surface area (Å²) in [6.07, 6.45) is 3.52. The summed E-state index contributed by atoms with van der Waals surface area (Å²) >= 11 is 0. The van der Waals surface area contributed by atoms with Gasteiger partial charge < -0.3 is 5.32 Å². The molecule has 3 heterocycles. The van der Waals surface area contributed by atoms with Gasteiger partial charge in [0.1, 0.15) is 5.82 Å². The number of aryl methyl sites for hydroxylation is 2. The third-order valence-electron chi connectivity index (χ3n) is 4.60. The van der Waals surface area contributed by atoms with E-state index >= 15 is 0 Å². The highest BCUT2D eigenvalue weighted by molar-refractivity contribution is 5.93. The first-order valence-electron chi connectivity index (χ1n) is 8.84. The molecule has 1 N–H and O–H groups in total. The summed E-state index contributed by atoms with van der Waals surface area (Å²) in [6.45, 7) is 3.81. The third kappa shape index (κ3) is 3.24. The molecule has 4 rings (SSSR count). The van der Waals surface area contributed by atoms with E-state index in [-0.39, 0.29) is 23.5 Å². The normalized spacial score (nSPS) is 12.3. The van der Waals surface area contributed by atoms with Crippen molar-refractivity contribution in [2.75, 3.05) is 0 Å². The van der Waals surface area contributed by atoms with Crippen LogP contribution < -0.4 is 5.32 Å². The molecule has 142 valence electrons. The number of halogens is 1. The zero-order valence-electron chi connectivity index (χ0n) is 15.7. The Morgan fingerprint density at radius 1 is 1.18 bits per heavy atom. The lowest BCUT2D eigenvalue weighted by Gasteiger charge is -2.11. The number of rotatable bonds is 4. The lowest BCUT2D eigenvalue weighted by molar-refractivity contribution is 0.0934. The number of carbonyl (C=O) groups excluding carboxylic acids is 1. The Bertz CT molecular complexity index is 1160. The predicted molar refractivity (Wildman–Crippen MR) is 102 cm³/mol. The van der Waals surface area contributed by atoms with Gasteiger partial charge in [-0.05, 0) is 44.2 Å². The largest absolute Gasteiger partial charge is 0.344 e. The quantitative estimate of drug-likeness (QED) is 0.592. The van der Waals surface area contributed by atoms with E-state index in [4.69, 9.17) is 0 Å². The molecule has 1 unspecified atom stereocenters. The van der Waals surface area contributed by atoms with Crippen LogP contribution in [-0.4, -0.2) is 30.3 Å². The van der Waals surface area contributed by atoms with E-state index in [1.165, 1.54) is 12.1 Å². The number of nitrogens with one attached hydrogen (secondary N) is 1. The Morgan fingerprint density at radius 3 is 2.61 bits per heavy atom. The highest BCUT2D eigenvalue weighted by atomic mass is 19.1. The van der Waals surface area contributed by atoms with Gasteiger partial charge in [-0.25, -0.2) is 13.9 Å². The third-order valence-corrected chi connectivity index (χ3v) is 4.60. The summed E-state index contributed by atoms with van der Waals surface area (Å²) < 4.78 is 16.5. The molecule has 0 fully saturated rings. The van der Waals surface area contributed by atoms with Crippen molar-refractivity contribution in [3.05, 3.63) is 71.6 Å². The van der Waals surface area contributed by atoms with Crippen LogP contribution in [0.4, 0.5) is 4.39 Å². The summed E-state index contributed by atoms with van der Waals surface area (Å²) in [6, 6.07) is 9.29. The number of carbonyl (C=O) groups is 1. The van der Waals surface area contributed by atoms with Crippen LogP contribution >= 0.6 is 0 Å². The Labute approximate surface area is 160 Å². The van der Waals surface area contributed by atoms with Crippen molar-refractivity contribution in [2.24, 2.45) is 7.05 Å². The van der Waals surface area contributed by atoms with Gasteiger partial charge in [0, 0.05) is 36.6 Å². The second-order valence-corrected chi connectivity index (χ2v) is 6.68. The van der Waals surface area contributed by atoms with Crippen LogP contribution in [0.5, 0.6) is 0 Å². The SMILES string of the molecule is Cc1nn(C)cc1C(C)NC(=O)c1cc2nccc(-c3ccc(F)cc3)n2n1. The van der Waals surface area contributed by atoms with Crippen LogP contribution in [0.2, 0.25) is 0 Å². The predicted octanol–water partition coefficient (Wildman–Crippen LogP) is 3.07. The molecule has 0 aliphatic heterocycles. The molecule has 1 atom stereocenters. The van der Waals surface area contributed by atoms with Gasteiger partial charge in [-0.15, -0.1) is 0 Å². The molecule has 0 aliphatic rings. The van der Waals surface area contributed by atoms with E-state index in [2.05, 4.69) is 20.5 Å². The van der Waals surface area contributed by atoms with Crippen molar-refractivity contribution in [1.29, 1.82) is 0 Å². The second kappa shape index (κ2) is 6.88. The van der Waals surface area contributed by atoms with Crippen molar-refractivity contribution in [1.82, 2.24) is 29.7 Å². The van der Waals surface area contributed by atoms with Crippen molar-refractivity contribution < 1.29 is 9.18 Å². The summed E-state index contributed by atoms with van der Waals surface area (Å²) in [5, 5.41) is 11.7. The topological polar surface area (TPSA) is 77.1 Å². The zero-order valence-corrected chi connectivity index (χ0v) is 15.7. The number of fused-ring (bicyclic) bond motifs is 1. The minimum Gasteiger partial charge on any atom is -0.344 e. The molecule has 0 spiro atoms. The standard InChI is InChI=1S/C20H19FN6O/c1-12(16-11-26(3)24-13(16)2)23-20(28)17-10-19-22-9-8-18(27(19)25-17)14-4-6-15(21)7-5-14/h4-12H,1-3H3,(H,23,28). The minimum atomic E-state index is -0.311. The van der Waals surface area contributed by atoms with Crippen molar-refractivity contribution in [3.63, 3.8) is 0 Å². The lowest BCUT2D eigenvalue weighted by atomic mass is 10.1. The molecule has 0 saturated heterocycles. The van der Waals surface area contributed by atoms with Gasteiger partial charge in [0.25, 0.3) is 5.91 Å². The first kappa shape index (κ1) is 17.8. The van der Waals surface area contributed by atoms with Crippen LogP contribution in [-0.2, 0) is 7.05 Å². The van der Waals surface area contributed by atoms with E-state index in [0.717, 1.165) is 22.5 Å². The maximum Gasteiger partial charge on any atom is 0.272 e. The van der Waals surface area contributed by atoms with E-state index < -0.39 is 0 Å². The average Bonchev–Trinajstić information content (AvgIpc) is 3.25. The molecule has 0 bridgehead atoms. The number of benzene rings is 1. The Balaban J connectivity index is 1.64. The Morgan fingerprint density at radius 2 is 1.93 bits per heavy atom. The van der Waals surface area contributed by atoms with Crippen LogP contribution in [0.15, 0.2) is 48.8 Å². The second-order valence-electron chi connectivity index (χ2n) is 6.68. The van der Waals surface area contributed by atoms with Gasteiger partial charge in [-0.3, -0.25) is 9.48 Å². The van der Waals surface area contributed by atoms with Crippen LogP contribution in [0.25, 0.3) is 16.9 Å². The molecule has 3 aromatic heterocycles. The van der Waals surface area contributed by atoms with Crippen LogP contribution in [0.1, 0.15) is 34.7 Å². The average molecular weight is 378 g/mol. The van der Waals surface area contributed by atoms with Gasteiger partial charge in [0.2, 0.25) is 0 Å². The summed E-state index contributed by atoms with van der Waals surface area (Å²) in [5.74, 6) is -0.611. The first-order valence-corrected chi connectivity index (χ1v) is 8.84. The van der Waals surface area contributed by atoms with Gasteiger partial charge in [0.15, 0.2) is 11.3 Å². The monoisotopic (exact) mass is 378 g/mol.